The molecule has 136 valence electrons. The Hall–Kier alpha value is -3.54. The van der Waals surface area contributed by atoms with Gasteiger partial charge >= 0.3 is 5.97 Å². The first-order valence-electron chi connectivity index (χ1n) is 8.29. The van der Waals surface area contributed by atoms with E-state index in [0.717, 1.165) is 5.56 Å². The van der Waals surface area contributed by atoms with Gasteiger partial charge in [-0.2, -0.15) is 4.99 Å². The second-order valence-electron chi connectivity index (χ2n) is 6.06. The third kappa shape index (κ3) is 3.55. The maximum Gasteiger partial charge on any atom is 0.343 e. The predicted molar refractivity (Wildman–Crippen MR) is 102 cm³/mol. The highest BCUT2D eigenvalue weighted by atomic mass is 16.5. The van der Waals surface area contributed by atoms with Crippen LogP contribution in [0, 0.1) is 6.92 Å². The third-order valence-electron chi connectivity index (χ3n) is 4.13. The van der Waals surface area contributed by atoms with Gasteiger partial charge in [-0.1, -0.05) is 42.0 Å². The van der Waals surface area contributed by atoms with E-state index in [2.05, 4.69) is 9.98 Å². The smallest absolute Gasteiger partial charge is 0.343 e. The first-order chi connectivity index (χ1) is 12.9. The third-order valence-corrected chi connectivity index (χ3v) is 4.13. The molecule has 1 heterocycles. The molecule has 6 heteroatoms. The molecule has 0 aliphatic carbocycles. The Kier molecular flexibility index (Phi) is 4.98. The molecule has 0 fully saturated rings. The van der Waals surface area contributed by atoms with Gasteiger partial charge in [-0.15, -0.1) is 0 Å². The summed E-state index contributed by atoms with van der Waals surface area (Å²) in [5.41, 5.74) is 2.86. The van der Waals surface area contributed by atoms with Gasteiger partial charge in [0, 0.05) is 16.7 Å². The molecule has 0 saturated heterocycles. The summed E-state index contributed by atoms with van der Waals surface area (Å²) in [5.74, 6) is -1.18. The van der Waals surface area contributed by atoms with Crippen LogP contribution in [-0.2, 0) is 9.53 Å². The molecule has 3 rings (SSSR count). The molecular formula is C21H18N2O4. The number of allylic oxidation sites excluding steroid dienone is 1. The van der Waals surface area contributed by atoms with Crippen LogP contribution in [0.15, 0.2) is 69.8 Å². The molecule has 0 atom stereocenters. The van der Waals surface area contributed by atoms with E-state index >= 15 is 0 Å². The lowest BCUT2D eigenvalue weighted by molar-refractivity contribution is -0.135. The molecule has 0 bridgehead atoms. The maximum absolute atomic E-state index is 12.5. The van der Waals surface area contributed by atoms with Crippen LogP contribution in [0.1, 0.15) is 34.0 Å². The highest BCUT2D eigenvalue weighted by Crippen LogP contribution is 2.25. The minimum absolute atomic E-state index is 0.0575. The first kappa shape index (κ1) is 18.3. The minimum Gasteiger partial charge on any atom is -0.512 e. The number of aliphatic hydroxyl groups is 1. The summed E-state index contributed by atoms with van der Waals surface area (Å²) in [7, 11) is 1.22. The molecule has 6 nitrogen and oxygen atoms in total. The number of ether oxygens (including phenoxy) is 1. The number of nitrogens with zero attached hydrogens (tertiary/aromatic N) is 2. The monoisotopic (exact) mass is 362 g/mol. The number of amidine groups is 1. The van der Waals surface area contributed by atoms with Gasteiger partial charge in [-0.25, -0.2) is 9.79 Å². The first-order valence-corrected chi connectivity index (χ1v) is 8.29. The fraction of sp³-hybridized carbons (Fsp3) is 0.143. The zero-order valence-electron chi connectivity index (χ0n) is 15.2. The number of aliphatic imine (C=N–C) groups is 2. The summed E-state index contributed by atoms with van der Waals surface area (Å²) in [5, 5.41) is 9.96. The lowest BCUT2D eigenvalue weighted by atomic mass is 9.99. The Balaban J connectivity index is 2.10. The summed E-state index contributed by atoms with van der Waals surface area (Å²) >= 11 is 0. The normalized spacial score (nSPS) is 15.1. The molecule has 27 heavy (non-hydrogen) atoms. The van der Waals surface area contributed by atoms with Crippen LogP contribution in [0.2, 0.25) is 0 Å². The van der Waals surface area contributed by atoms with Crippen molar-refractivity contribution in [2.45, 2.75) is 13.8 Å². The number of esters is 1. The molecule has 1 aliphatic rings. The van der Waals surface area contributed by atoms with E-state index in [-0.39, 0.29) is 22.9 Å². The molecule has 2 aromatic carbocycles. The van der Waals surface area contributed by atoms with Crippen molar-refractivity contribution in [1.82, 2.24) is 0 Å². The van der Waals surface area contributed by atoms with E-state index in [4.69, 9.17) is 4.74 Å². The summed E-state index contributed by atoms with van der Waals surface area (Å²) < 4.78 is 4.75. The van der Waals surface area contributed by atoms with Gasteiger partial charge in [0.25, 0.3) is 5.91 Å². The van der Waals surface area contributed by atoms with E-state index < -0.39 is 11.9 Å². The lowest BCUT2D eigenvalue weighted by Crippen LogP contribution is -2.16. The second kappa shape index (κ2) is 7.37. The zero-order valence-corrected chi connectivity index (χ0v) is 15.2. The van der Waals surface area contributed by atoms with Crippen molar-refractivity contribution < 1.29 is 19.4 Å². The molecule has 0 unspecified atom stereocenters. The maximum atomic E-state index is 12.5. The fourth-order valence-electron chi connectivity index (χ4n) is 2.76. The number of rotatable bonds is 3. The van der Waals surface area contributed by atoms with Crippen LogP contribution >= 0.6 is 0 Å². The van der Waals surface area contributed by atoms with Gasteiger partial charge in [0.2, 0.25) is 0 Å². The quantitative estimate of drug-likeness (QED) is 0.515. The Morgan fingerprint density at radius 1 is 1.04 bits per heavy atom. The van der Waals surface area contributed by atoms with Gasteiger partial charge in [-0.05, 0) is 26.0 Å². The molecule has 0 radical (unpaired) electrons. The number of fused-ring (bicyclic) bond motifs is 1. The summed E-state index contributed by atoms with van der Waals surface area (Å²) in [6.45, 7) is 3.31. The summed E-state index contributed by atoms with van der Waals surface area (Å²) in [6, 6.07) is 14.1. The second-order valence-corrected chi connectivity index (χ2v) is 6.06. The van der Waals surface area contributed by atoms with E-state index in [1.807, 2.05) is 19.1 Å². The fourth-order valence-corrected chi connectivity index (χ4v) is 2.76. The molecule has 1 aliphatic heterocycles. The molecule has 2 aromatic rings. The minimum atomic E-state index is -0.713. The lowest BCUT2D eigenvalue weighted by Gasteiger charge is -2.07. The van der Waals surface area contributed by atoms with Crippen molar-refractivity contribution in [2.24, 2.45) is 9.98 Å². The van der Waals surface area contributed by atoms with Crippen molar-refractivity contribution in [3.63, 3.8) is 0 Å². The van der Waals surface area contributed by atoms with Gasteiger partial charge in [0.15, 0.2) is 5.84 Å². The number of hydrogen-bond acceptors (Lipinski definition) is 4. The van der Waals surface area contributed by atoms with Crippen molar-refractivity contribution in [1.29, 1.82) is 0 Å². The Morgan fingerprint density at radius 3 is 2.26 bits per heavy atom. The van der Waals surface area contributed by atoms with E-state index in [1.165, 1.54) is 14.0 Å². The Labute approximate surface area is 156 Å². The highest BCUT2D eigenvalue weighted by molar-refractivity contribution is 6.36. The van der Waals surface area contributed by atoms with Crippen molar-refractivity contribution in [2.75, 3.05) is 7.11 Å². The number of aryl methyl sites for hydroxylation is 1. The number of hydrogen-bond donors (Lipinski definition) is 1. The topological polar surface area (TPSA) is 88.3 Å². The Morgan fingerprint density at radius 2 is 1.67 bits per heavy atom. The number of carbonyl (C=O) groups excluding carboxylic acids is 2. The molecule has 1 amide bonds. The van der Waals surface area contributed by atoms with E-state index in [1.54, 1.807) is 36.4 Å². The van der Waals surface area contributed by atoms with Crippen LogP contribution in [0.3, 0.4) is 0 Å². The number of aliphatic hydroxyl groups excluding tert-OH is 1. The number of benzene rings is 2. The van der Waals surface area contributed by atoms with Gasteiger partial charge in [0.1, 0.15) is 11.3 Å². The van der Waals surface area contributed by atoms with Crippen molar-refractivity contribution in [3.05, 3.63) is 82.1 Å². The molecule has 0 saturated carbocycles. The van der Waals surface area contributed by atoms with Crippen molar-refractivity contribution in [3.8, 4) is 0 Å². The average molecular weight is 362 g/mol. The number of amides is 1. The van der Waals surface area contributed by atoms with E-state index in [0.29, 0.717) is 16.7 Å². The molecule has 1 N–H and O–H groups in total. The van der Waals surface area contributed by atoms with Crippen LogP contribution in [0.25, 0.3) is 0 Å². The van der Waals surface area contributed by atoms with Crippen LogP contribution in [0.4, 0.5) is 0 Å². The SMILES string of the molecule is COC(=O)/C(C1=NC(=NC(=O)c2ccc(C)cc2)c2ccccc21)=C(\C)O. The summed E-state index contributed by atoms with van der Waals surface area (Å²) in [4.78, 5) is 33.1. The van der Waals surface area contributed by atoms with Crippen molar-refractivity contribution >= 4 is 23.4 Å². The molecular weight excluding hydrogens is 344 g/mol. The van der Waals surface area contributed by atoms with Gasteiger partial charge in [0.05, 0.1) is 12.8 Å². The molecule has 0 spiro atoms. The van der Waals surface area contributed by atoms with Crippen LogP contribution in [0.5, 0.6) is 0 Å². The average Bonchev–Trinajstić information content (AvgIpc) is 3.00. The highest BCUT2D eigenvalue weighted by Gasteiger charge is 2.30. The summed E-state index contributed by atoms with van der Waals surface area (Å²) in [6.07, 6.45) is 0. The number of methoxy groups -OCH3 is 1. The van der Waals surface area contributed by atoms with Crippen LogP contribution < -0.4 is 0 Å². The Bertz CT molecular complexity index is 1010. The largest absolute Gasteiger partial charge is 0.512 e. The van der Waals surface area contributed by atoms with Gasteiger partial charge < -0.3 is 9.84 Å². The predicted octanol–water partition coefficient (Wildman–Crippen LogP) is 3.39. The van der Waals surface area contributed by atoms with Crippen LogP contribution in [-0.4, -0.2) is 35.6 Å². The molecule has 0 aromatic heterocycles. The zero-order chi connectivity index (χ0) is 19.6. The van der Waals surface area contributed by atoms with Gasteiger partial charge in [-0.3, -0.25) is 4.79 Å². The standard InChI is InChI=1S/C21H18N2O4/c1-12-8-10-14(11-9-12)20(25)23-19-16-7-5-4-6-15(16)18(22-19)17(13(2)24)21(26)27-3/h4-11,24H,1-3H3/b17-13+,23-19?. The number of carbonyl (C=O) groups is 2. The van der Waals surface area contributed by atoms with E-state index in [9.17, 15) is 14.7 Å².